The minimum absolute atomic E-state index is 0.106. The fraction of sp³-hybridized carbons (Fsp3) is 0.308. The van der Waals surface area contributed by atoms with Gasteiger partial charge in [0.05, 0.1) is 5.75 Å². The third-order valence-electron chi connectivity index (χ3n) is 2.81. The summed E-state index contributed by atoms with van der Waals surface area (Å²) >= 11 is 1.17. The summed E-state index contributed by atoms with van der Waals surface area (Å²) in [6, 6.07) is 7.40. The maximum absolute atomic E-state index is 11.2. The quantitative estimate of drug-likeness (QED) is 0.855. The standard InChI is InChI=1S/C13H13N3O4S/c1-14-11(17)7-21-13-16-15-12(20-13)10-6-18-8-4-2-3-5-9(8)19-10/h2-5,10H,6-7H2,1H3,(H,14,17)/t10-/m1/s1. The first kappa shape index (κ1) is 13.7. The minimum atomic E-state index is -0.443. The molecule has 21 heavy (non-hydrogen) atoms. The van der Waals surface area contributed by atoms with E-state index in [1.807, 2.05) is 24.3 Å². The zero-order chi connectivity index (χ0) is 14.7. The maximum atomic E-state index is 11.2. The summed E-state index contributed by atoms with van der Waals surface area (Å²) in [6.07, 6.45) is -0.443. The molecule has 0 spiro atoms. The van der Waals surface area contributed by atoms with Crippen molar-refractivity contribution in [2.24, 2.45) is 0 Å². The van der Waals surface area contributed by atoms with Gasteiger partial charge >= 0.3 is 0 Å². The Hall–Kier alpha value is -2.22. The molecular weight excluding hydrogens is 294 g/mol. The number of aromatic nitrogens is 2. The summed E-state index contributed by atoms with van der Waals surface area (Å²) in [7, 11) is 1.58. The van der Waals surface area contributed by atoms with Gasteiger partial charge in [-0.05, 0) is 12.1 Å². The Balaban J connectivity index is 1.66. The van der Waals surface area contributed by atoms with Crippen LogP contribution in [0.3, 0.4) is 0 Å². The number of hydrogen-bond donors (Lipinski definition) is 1. The number of amides is 1. The van der Waals surface area contributed by atoms with Crippen LogP contribution in [-0.4, -0.2) is 35.5 Å². The number of benzene rings is 1. The molecule has 1 atom stereocenters. The molecule has 0 saturated carbocycles. The molecule has 1 aliphatic heterocycles. The molecule has 2 heterocycles. The molecule has 1 aromatic carbocycles. The van der Waals surface area contributed by atoms with Crippen LogP contribution in [0, 0.1) is 0 Å². The summed E-state index contributed by atoms with van der Waals surface area (Å²) < 4.78 is 16.8. The van der Waals surface area contributed by atoms with Crippen molar-refractivity contribution >= 4 is 17.7 Å². The molecule has 0 saturated heterocycles. The van der Waals surface area contributed by atoms with E-state index in [0.717, 1.165) is 0 Å². The van der Waals surface area contributed by atoms with E-state index < -0.39 is 6.10 Å². The van der Waals surface area contributed by atoms with Crippen LogP contribution in [0.2, 0.25) is 0 Å². The fourth-order valence-corrected chi connectivity index (χ4v) is 2.39. The van der Waals surface area contributed by atoms with Crippen molar-refractivity contribution in [2.75, 3.05) is 19.4 Å². The van der Waals surface area contributed by atoms with E-state index in [0.29, 0.717) is 29.2 Å². The lowest BCUT2D eigenvalue weighted by atomic mass is 10.2. The smallest absolute Gasteiger partial charge is 0.277 e. The van der Waals surface area contributed by atoms with Gasteiger partial charge in [0.25, 0.3) is 11.1 Å². The molecule has 0 bridgehead atoms. The van der Waals surface area contributed by atoms with Crippen molar-refractivity contribution in [1.29, 1.82) is 0 Å². The van der Waals surface area contributed by atoms with E-state index in [1.165, 1.54) is 11.8 Å². The van der Waals surface area contributed by atoms with Gasteiger partial charge in [-0.25, -0.2) is 0 Å². The first-order valence-corrected chi connectivity index (χ1v) is 7.30. The van der Waals surface area contributed by atoms with Crippen LogP contribution in [0.15, 0.2) is 33.9 Å². The molecule has 7 nitrogen and oxygen atoms in total. The molecule has 1 aliphatic rings. The van der Waals surface area contributed by atoms with Crippen LogP contribution in [0.1, 0.15) is 12.0 Å². The molecule has 0 radical (unpaired) electrons. The highest BCUT2D eigenvalue weighted by Gasteiger charge is 2.27. The number of thioether (sulfide) groups is 1. The van der Waals surface area contributed by atoms with Gasteiger partial charge in [-0.15, -0.1) is 10.2 Å². The second-order valence-electron chi connectivity index (χ2n) is 4.23. The Morgan fingerprint density at radius 2 is 2.19 bits per heavy atom. The van der Waals surface area contributed by atoms with Crippen molar-refractivity contribution < 1.29 is 18.7 Å². The number of nitrogens with zero attached hydrogens (tertiary/aromatic N) is 2. The van der Waals surface area contributed by atoms with Gasteiger partial charge in [0.2, 0.25) is 12.0 Å². The normalized spacial score (nSPS) is 16.5. The lowest BCUT2D eigenvalue weighted by Gasteiger charge is -2.23. The average molecular weight is 307 g/mol. The summed E-state index contributed by atoms with van der Waals surface area (Å²) in [4.78, 5) is 11.2. The van der Waals surface area contributed by atoms with Crippen molar-refractivity contribution in [3.63, 3.8) is 0 Å². The van der Waals surface area contributed by atoms with E-state index in [-0.39, 0.29) is 11.7 Å². The fourth-order valence-electron chi connectivity index (χ4n) is 1.75. The van der Waals surface area contributed by atoms with Crippen LogP contribution in [0.25, 0.3) is 0 Å². The maximum Gasteiger partial charge on any atom is 0.277 e. The number of hydrogen-bond acceptors (Lipinski definition) is 7. The summed E-state index contributed by atoms with van der Waals surface area (Å²) in [5.74, 6) is 1.80. The number of carbonyl (C=O) groups excluding carboxylic acids is 1. The van der Waals surface area contributed by atoms with E-state index in [4.69, 9.17) is 13.9 Å². The van der Waals surface area contributed by atoms with E-state index in [1.54, 1.807) is 7.05 Å². The van der Waals surface area contributed by atoms with Gasteiger partial charge in [0.1, 0.15) is 6.61 Å². The predicted molar refractivity (Wildman–Crippen MR) is 74.4 cm³/mol. The van der Waals surface area contributed by atoms with Crippen LogP contribution in [-0.2, 0) is 4.79 Å². The third kappa shape index (κ3) is 3.10. The molecule has 0 unspecified atom stereocenters. The molecule has 2 aromatic rings. The molecule has 110 valence electrons. The van der Waals surface area contributed by atoms with Crippen molar-refractivity contribution in [3.8, 4) is 11.5 Å². The van der Waals surface area contributed by atoms with Crippen molar-refractivity contribution in [1.82, 2.24) is 15.5 Å². The van der Waals surface area contributed by atoms with Crippen LogP contribution < -0.4 is 14.8 Å². The van der Waals surface area contributed by atoms with Crippen molar-refractivity contribution in [3.05, 3.63) is 30.2 Å². The van der Waals surface area contributed by atoms with Crippen LogP contribution >= 0.6 is 11.8 Å². The van der Waals surface area contributed by atoms with E-state index >= 15 is 0 Å². The Labute approximate surface area is 125 Å². The number of carbonyl (C=O) groups is 1. The Bertz CT molecular complexity index is 646. The number of nitrogens with one attached hydrogen (secondary N) is 1. The highest BCUT2D eigenvalue weighted by molar-refractivity contribution is 7.99. The molecule has 3 rings (SSSR count). The number of para-hydroxylation sites is 2. The van der Waals surface area contributed by atoms with Gasteiger partial charge in [0, 0.05) is 7.05 Å². The Morgan fingerprint density at radius 3 is 3.00 bits per heavy atom. The molecule has 1 N–H and O–H groups in total. The van der Waals surface area contributed by atoms with E-state index in [9.17, 15) is 4.79 Å². The minimum Gasteiger partial charge on any atom is -0.485 e. The summed E-state index contributed by atoms with van der Waals surface area (Å²) in [5, 5.41) is 10.7. The van der Waals surface area contributed by atoms with Gasteiger partial charge in [0.15, 0.2) is 11.5 Å². The molecule has 0 fully saturated rings. The van der Waals surface area contributed by atoms with Crippen molar-refractivity contribution in [2.45, 2.75) is 11.3 Å². The first-order valence-electron chi connectivity index (χ1n) is 6.31. The topological polar surface area (TPSA) is 86.5 Å². The average Bonchev–Trinajstić information content (AvgIpc) is 3.01. The van der Waals surface area contributed by atoms with Crippen LogP contribution in [0.4, 0.5) is 0 Å². The zero-order valence-electron chi connectivity index (χ0n) is 11.2. The van der Waals surface area contributed by atoms with Crippen LogP contribution in [0.5, 0.6) is 11.5 Å². The summed E-state index contributed by atoms with van der Waals surface area (Å²) in [6.45, 7) is 0.304. The number of fused-ring (bicyclic) bond motifs is 1. The second kappa shape index (κ2) is 6.04. The SMILES string of the molecule is CNC(=O)CSc1nnc([C@H]2COc3ccccc3O2)o1. The van der Waals surface area contributed by atoms with Gasteiger partial charge in [-0.2, -0.15) is 0 Å². The predicted octanol–water partition coefficient (Wildman–Crippen LogP) is 1.42. The van der Waals surface area contributed by atoms with E-state index in [2.05, 4.69) is 15.5 Å². The first-order chi connectivity index (χ1) is 10.3. The molecular formula is C13H13N3O4S. The molecule has 8 heteroatoms. The number of ether oxygens (including phenoxy) is 2. The van der Waals surface area contributed by atoms with Gasteiger partial charge in [-0.1, -0.05) is 23.9 Å². The highest BCUT2D eigenvalue weighted by atomic mass is 32.2. The summed E-state index contributed by atoms with van der Waals surface area (Å²) in [5.41, 5.74) is 0. The molecule has 1 aromatic heterocycles. The Morgan fingerprint density at radius 1 is 1.38 bits per heavy atom. The number of rotatable bonds is 4. The molecule has 0 aliphatic carbocycles. The lowest BCUT2D eigenvalue weighted by Crippen LogP contribution is -2.21. The second-order valence-corrected chi connectivity index (χ2v) is 5.16. The molecule has 1 amide bonds. The highest BCUT2D eigenvalue weighted by Crippen LogP contribution is 2.35. The third-order valence-corrected chi connectivity index (χ3v) is 3.63. The Kier molecular flexibility index (Phi) is 3.96. The monoisotopic (exact) mass is 307 g/mol. The van der Waals surface area contributed by atoms with Gasteiger partial charge < -0.3 is 19.2 Å². The lowest BCUT2D eigenvalue weighted by molar-refractivity contribution is -0.118. The largest absolute Gasteiger partial charge is 0.485 e. The van der Waals surface area contributed by atoms with Gasteiger partial charge in [-0.3, -0.25) is 4.79 Å². The zero-order valence-corrected chi connectivity index (χ0v) is 12.1.